The Morgan fingerprint density at radius 1 is 1.45 bits per heavy atom. The summed E-state index contributed by atoms with van der Waals surface area (Å²) >= 11 is 0. The molecule has 0 bridgehead atoms. The molecule has 0 aromatic carbocycles. The van der Waals surface area contributed by atoms with Gasteiger partial charge in [-0.2, -0.15) is 0 Å². The SMILES string of the molecule is C=C1CC(CCC(OC)n2cnc3c(N)ncnc32)C1. The number of nitrogen functional groups attached to an aromatic ring is 1. The van der Waals surface area contributed by atoms with Gasteiger partial charge in [-0.05, 0) is 31.6 Å². The highest BCUT2D eigenvalue weighted by atomic mass is 16.5. The summed E-state index contributed by atoms with van der Waals surface area (Å²) in [6.45, 7) is 3.98. The van der Waals surface area contributed by atoms with Gasteiger partial charge in [0.25, 0.3) is 0 Å². The molecule has 20 heavy (non-hydrogen) atoms. The Balaban J connectivity index is 1.77. The van der Waals surface area contributed by atoms with Crippen molar-refractivity contribution in [3.63, 3.8) is 0 Å². The molecular formula is C14H19N5O. The standard InChI is InChI=1S/C14H19N5O/c1-9-5-10(6-9)3-4-11(20-2)19-8-18-12-13(15)16-7-17-14(12)19/h7-8,10-11H,1,3-6H2,2H3,(H2,15,16,17). The third kappa shape index (κ3) is 2.27. The second kappa shape index (κ2) is 5.20. The molecule has 3 rings (SSSR count). The number of allylic oxidation sites excluding steroid dienone is 1. The summed E-state index contributed by atoms with van der Waals surface area (Å²) in [6.07, 6.45) is 7.47. The number of fused-ring (bicyclic) bond motifs is 1. The molecule has 2 aromatic heterocycles. The molecule has 1 fully saturated rings. The maximum atomic E-state index is 5.80. The van der Waals surface area contributed by atoms with Crippen molar-refractivity contribution in [2.24, 2.45) is 5.92 Å². The smallest absolute Gasteiger partial charge is 0.167 e. The Bertz CT molecular complexity index is 628. The van der Waals surface area contributed by atoms with Gasteiger partial charge in [0.2, 0.25) is 0 Å². The first-order valence-electron chi connectivity index (χ1n) is 6.81. The fourth-order valence-corrected chi connectivity index (χ4v) is 2.79. The van der Waals surface area contributed by atoms with Gasteiger partial charge in [-0.1, -0.05) is 12.2 Å². The van der Waals surface area contributed by atoms with E-state index in [0.717, 1.165) is 37.2 Å². The molecule has 1 saturated carbocycles. The van der Waals surface area contributed by atoms with Crippen LogP contribution in [0.2, 0.25) is 0 Å². The van der Waals surface area contributed by atoms with Crippen LogP contribution in [-0.2, 0) is 4.74 Å². The summed E-state index contributed by atoms with van der Waals surface area (Å²) in [4.78, 5) is 12.5. The number of anilines is 1. The van der Waals surface area contributed by atoms with Crippen molar-refractivity contribution in [3.8, 4) is 0 Å². The molecule has 1 aliphatic rings. The van der Waals surface area contributed by atoms with Gasteiger partial charge in [-0.25, -0.2) is 15.0 Å². The Labute approximate surface area is 117 Å². The van der Waals surface area contributed by atoms with E-state index in [4.69, 9.17) is 10.5 Å². The fourth-order valence-electron chi connectivity index (χ4n) is 2.79. The summed E-state index contributed by atoms with van der Waals surface area (Å²) in [7, 11) is 1.71. The Morgan fingerprint density at radius 2 is 2.25 bits per heavy atom. The van der Waals surface area contributed by atoms with Crippen LogP contribution in [0.25, 0.3) is 11.2 Å². The van der Waals surface area contributed by atoms with E-state index in [0.29, 0.717) is 11.3 Å². The largest absolute Gasteiger partial charge is 0.382 e. The normalized spacial score (nSPS) is 17.4. The number of methoxy groups -OCH3 is 1. The number of hydrogen-bond donors (Lipinski definition) is 1. The summed E-state index contributed by atoms with van der Waals surface area (Å²) < 4.78 is 7.52. The number of nitrogens with two attached hydrogens (primary N) is 1. The molecule has 6 nitrogen and oxygen atoms in total. The van der Waals surface area contributed by atoms with Gasteiger partial charge in [-0.15, -0.1) is 0 Å². The fraction of sp³-hybridized carbons (Fsp3) is 0.500. The molecule has 1 unspecified atom stereocenters. The van der Waals surface area contributed by atoms with Crippen molar-refractivity contribution >= 4 is 17.0 Å². The zero-order valence-electron chi connectivity index (χ0n) is 11.6. The minimum atomic E-state index is -0.0665. The zero-order chi connectivity index (χ0) is 14.1. The molecular weight excluding hydrogens is 254 g/mol. The molecule has 0 amide bonds. The summed E-state index contributed by atoms with van der Waals surface area (Å²) in [5.74, 6) is 1.15. The van der Waals surface area contributed by atoms with Crippen molar-refractivity contribution in [3.05, 3.63) is 24.8 Å². The van der Waals surface area contributed by atoms with Crippen LogP contribution in [0, 0.1) is 5.92 Å². The number of ether oxygens (including phenoxy) is 1. The Hall–Kier alpha value is -1.95. The van der Waals surface area contributed by atoms with E-state index < -0.39 is 0 Å². The predicted molar refractivity (Wildman–Crippen MR) is 76.9 cm³/mol. The van der Waals surface area contributed by atoms with Gasteiger partial charge >= 0.3 is 0 Å². The first-order valence-corrected chi connectivity index (χ1v) is 6.81. The van der Waals surface area contributed by atoms with Crippen LogP contribution >= 0.6 is 0 Å². The highest BCUT2D eigenvalue weighted by molar-refractivity contribution is 5.81. The first-order chi connectivity index (χ1) is 9.69. The molecule has 0 saturated heterocycles. The van der Waals surface area contributed by atoms with Crippen LogP contribution < -0.4 is 5.73 Å². The summed E-state index contributed by atoms with van der Waals surface area (Å²) in [5.41, 5.74) is 8.52. The second-order valence-corrected chi connectivity index (χ2v) is 5.37. The Kier molecular flexibility index (Phi) is 3.40. The maximum absolute atomic E-state index is 5.80. The first kappa shape index (κ1) is 13.1. The van der Waals surface area contributed by atoms with Crippen LogP contribution in [0.4, 0.5) is 5.82 Å². The Morgan fingerprint density at radius 3 is 2.95 bits per heavy atom. The predicted octanol–water partition coefficient (Wildman–Crippen LogP) is 2.30. The van der Waals surface area contributed by atoms with Gasteiger partial charge < -0.3 is 10.5 Å². The van der Waals surface area contributed by atoms with E-state index in [-0.39, 0.29) is 6.23 Å². The highest BCUT2D eigenvalue weighted by Crippen LogP contribution is 2.36. The van der Waals surface area contributed by atoms with Crippen LogP contribution in [0.1, 0.15) is 31.9 Å². The van der Waals surface area contributed by atoms with Crippen molar-refractivity contribution in [1.29, 1.82) is 0 Å². The average molecular weight is 273 g/mol. The lowest BCUT2D eigenvalue weighted by atomic mass is 9.78. The summed E-state index contributed by atoms with van der Waals surface area (Å²) in [5, 5.41) is 0. The van der Waals surface area contributed by atoms with Crippen LogP contribution in [-0.4, -0.2) is 26.6 Å². The van der Waals surface area contributed by atoms with Gasteiger partial charge in [-0.3, -0.25) is 4.57 Å². The van der Waals surface area contributed by atoms with E-state index in [9.17, 15) is 0 Å². The van der Waals surface area contributed by atoms with E-state index in [1.807, 2.05) is 4.57 Å². The van der Waals surface area contributed by atoms with E-state index >= 15 is 0 Å². The van der Waals surface area contributed by atoms with E-state index in [1.165, 1.54) is 11.9 Å². The van der Waals surface area contributed by atoms with Gasteiger partial charge in [0, 0.05) is 7.11 Å². The number of nitrogens with zero attached hydrogens (tertiary/aromatic N) is 4. The lowest BCUT2D eigenvalue weighted by molar-refractivity contribution is 0.0328. The number of aromatic nitrogens is 4. The minimum Gasteiger partial charge on any atom is -0.382 e. The maximum Gasteiger partial charge on any atom is 0.167 e. The van der Waals surface area contributed by atoms with Crippen LogP contribution in [0.3, 0.4) is 0 Å². The molecule has 2 aromatic rings. The molecule has 0 radical (unpaired) electrons. The van der Waals surface area contributed by atoms with Crippen LogP contribution in [0.5, 0.6) is 0 Å². The third-order valence-electron chi connectivity index (χ3n) is 3.95. The molecule has 0 spiro atoms. The molecule has 6 heteroatoms. The molecule has 2 N–H and O–H groups in total. The number of rotatable bonds is 5. The highest BCUT2D eigenvalue weighted by Gasteiger charge is 2.23. The van der Waals surface area contributed by atoms with Crippen molar-refractivity contribution < 1.29 is 4.74 Å². The van der Waals surface area contributed by atoms with Crippen molar-refractivity contribution in [1.82, 2.24) is 19.5 Å². The van der Waals surface area contributed by atoms with Gasteiger partial charge in [0.1, 0.15) is 18.1 Å². The lowest BCUT2D eigenvalue weighted by Crippen LogP contribution is -2.17. The lowest BCUT2D eigenvalue weighted by Gasteiger charge is -2.29. The van der Waals surface area contributed by atoms with Gasteiger partial charge in [0.05, 0.1) is 6.33 Å². The molecule has 0 aliphatic heterocycles. The van der Waals surface area contributed by atoms with Crippen molar-refractivity contribution in [2.45, 2.75) is 31.9 Å². The monoisotopic (exact) mass is 273 g/mol. The second-order valence-electron chi connectivity index (χ2n) is 5.37. The minimum absolute atomic E-state index is 0.0665. The third-order valence-corrected chi connectivity index (χ3v) is 3.95. The quantitative estimate of drug-likeness (QED) is 0.846. The zero-order valence-corrected chi connectivity index (χ0v) is 11.6. The number of imidazole rings is 1. The summed E-state index contributed by atoms with van der Waals surface area (Å²) in [6, 6.07) is 0. The van der Waals surface area contributed by atoms with E-state index in [2.05, 4.69) is 21.5 Å². The molecule has 2 heterocycles. The molecule has 1 atom stereocenters. The molecule has 1 aliphatic carbocycles. The van der Waals surface area contributed by atoms with Crippen LogP contribution in [0.15, 0.2) is 24.8 Å². The van der Waals surface area contributed by atoms with E-state index in [1.54, 1.807) is 13.4 Å². The molecule has 106 valence electrons. The van der Waals surface area contributed by atoms with Crippen molar-refractivity contribution in [2.75, 3.05) is 12.8 Å². The number of hydrogen-bond acceptors (Lipinski definition) is 5. The van der Waals surface area contributed by atoms with Gasteiger partial charge in [0.15, 0.2) is 11.5 Å². The average Bonchev–Trinajstić information content (AvgIpc) is 2.83. The topological polar surface area (TPSA) is 78.9 Å².